The molecule has 5 heteroatoms. The topological polar surface area (TPSA) is 66.8 Å². The number of carboxylic acids is 1. The van der Waals surface area contributed by atoms with Gasteiger partial charge in [-0.05, 0) is 20.8 Å². The third-order valence-corrected chi connectivity index (χ3v) is 1.91. The minimum absolute atomic E-state index is 0.142. The fourth-order valence-corrected chi connectivity index (χ4v) is 0.995. The van der Waals surface area contributed by atoms with E-state index in [1.165, 1.54) is 12.0 Å². The van der Waals surface area contributed by atoms with E-state index >= 15 is 0 Å². The Bertz CT molecular complexity index is 215. The predicted octanol–water partition coefficient (Wildman–Crippen LogP) is 0.343. The second-order valence-electron chi connectivity index (χ2n) is 3.33. The zero-order chi connectivity index (χ0) is 11.3. The highest BCUT2D eigenvalue weighted by Crippen LogP contribution is 2.03. The lowest BCUT2D eigenvalue weighted by Crippen LogP contribution is -2.45. The van der Waals surface area contributed by atoms with Gasteiger partial charge in [0.1, 0.15) is 12.6 Å². The van der Waals surface area contributed by atoms with Crippen molar-refractivity contribution in [1.82, 2.24) is 4.90 Å². The van der Waals surface area contributed by atoms with Crippen molar-refractivity contribution >= 4 is 11.9 Å². The summed E-state index contributed by atoms with van der Waals surface area (Å²) in [6.45, 7) is 4.84. The van der Waals surface area contributed by atoms with Crippen molar-refractivity contribution in [2.24, 2.45) is 0 Å². The zero-order valence-corrected chi connectivity index (χ0v) is 8.98. The third-order valence-electron chi connectivity index (χ3n) is 1.91. The van der Waals surface area contributed by atoms with Crippen LogP contribution in [0.3, 0.4) is 0 Å². The number of hydrogen-bond donors (Lipinski definition) is 1. The molecular weight excluding hydrogens is 186 g/mol. The van der Waals surface area contributed by atoms with Crippen molar-refractivity contribution in [3.63, 3.8) is 0 Å². The number of amides is 1. The molecule has 0 aliphatic rings. The Hall–Kier alpha value is -1.10. The molecule has 0 aromatic carbocycles. The number of carboxylic acid groups (broad SMARTS) is 1. The molecule has 0 saturated carbocycles. The lowest BCUT2D eigenvalue weighted by molar-refractivity contribution is -0.150. The van der Waals surface area contributed by atoms with Gasteiger partial charge in [-0.1, -0.05) is 0 Å². The molecule has 0 fully saturated rings. The van der Waals surface area contributed by atoms with E-state index in [-0.39, 0.29) is 18.5 Å². The van der Waals surface area contributed by atoms with E-state index in [1.807, 2.05) is 0 Å². The van der Waals surface area contributed by atoms with Crippen LogP contribution in [-0.2, 0) is 14.3 Å². The van der Waals surface area contributed by atoms with Gasteiger partial charge in [-0.25, -0.2) is 0 Å². The van der Waals surface area contributed by atoms with Crippen LogP contribution >= 0.6 is 0 Å². The van der Waals surface area contributed by atoms with Crippen LogP contribution in [0.5, 0.6) is 0 Å². The summed E-state index contributed by atoms with van der Waals surface area (Å²) in [4.78, 5) is 23.4. The van der Waals surface area contributed by atoms with Crippen LogP contribution in [-0.4, -0.2) is 47.7 Å². The normalized spacial score (nSPS) is 12.6. The summed E-state index contributed by atoms with van der Waals surface area (Å²) in [6.07, 6.45) is -0.600. The Balaban J connectivity index is 4.49. The summed E-state index contributed by atoms with van der Waals surface area (Å²) in [6, 6.07) is -0.142. The van der Waals surface area contributed by atoms with Gasteiger partial charge in [0, 0.05) is 13.2 Å². The van der Waals surface area contributed by atoms with Crippen LogP contribution in [0.2, 0.25) is 0 Å². The molecule has 1 unspecified atom stereocenters. The first-order valence-corrected chi connectivity index (χ1v) is 4.45. The SMILES string of the molecule is COC(C)C(=O)N(CC(=O)O)C(C)C. The smallest absolute Gasteiger partial charge is 0.323 e. The minimum Gasteiger partial charge on any atom is -0.480 e. The van der Waals surface area contributed by atoms with Crippen LogP contribution in [0, 0.1) is 0 Å². The van der Waals surface area contributed by atoms with E-state index in [4.69, 9.17) is 9.84 Å². The van der Waals surface area contributed by atoms with Crippen LogP contribution in [0.4, 0.5) is 0 Å². The second kappa shape index (κ2) is 5.59. The van der Waals surface area contributed by atoms with Gasteiger partial charge in [-0.2, -0.15) is 0 Å². The number of carbonyl (C=O) groups is 2. The third kappa shape index (κ3) is 3.74. The van der Waals surface area contributed by atoms with E-state index in [0.29, 0.717) is 0 Å². The number of rotatable bonds is 5. The predicted molar refractivity (Wildman–Crippen MR) is 51.0 cm³/mol. The highest BCUT2D eigenvalue weighted by Gasteiger charge is 2.24. The van der Waals surface area contributed by atoms with Crippen molar-refractivity contribution in [2.75, 3.05) is 13.7 Å². The number of carbonyl (C=O) groups excluding carboxylic acids is 1. The maximum atomic E-state index is 11.6. The molecule has 0 spiro atoms. The number of methoxy groups -OCH3 is 1. The molecule has 1 atom stereocenters. The maximum Gasteiger partial charge on any atom is 0.323 e. The molecule has 0 radical (unpaired) electrons. The summed E-state index contributed by atoms with van der Waals surface area (Å²) in [5.74, 6) is -1.32. The van der Waals surface area contributed by atoms with Crippen LogP contribution in [0.25, 0.3) is 0 Å². The monoisotopic (exact) mass is 203 g/mol. The molecule has 0 rings (SSSR count). The lowest BCUT2D eigenvalue weighted by atomic mass is 10.2. The summed E-state index contributed by atoms with van der Waals surface area (Å²) >= 11 is 0. The van der Waals surface area contributed by atoms with Gasteiger partial charge in [0.25, 0.3) is 5.91 Å². The van der Waals surface area contributed by atoms with Gasteiger partial charge >= 0.3 is 5.97 Å². The molecule has 0 saturated heterocycles. The van der Waals surface area contributed by atoms with Crippen LogP contribution in [0.15, 0.2) is 0 Å². The largest absolute Gasteiger partial charge is 0.480 e. The first kappa shape index (κ1) is 12.9. The Morgan fingerprint density at radius 3 is 2.14 bits per heavy atom. The van der Waals surface area contributed by atoms with E-state index in [9.17, 15) is 9.59 Å². The number of hydrogen-bond acceptors (Lipinski definition) is 3. The van der Waals surface area contributed by atoms with Gasteiger partial charge in [-0.15, -0.1) is 0 Å². The zero-order valence-electron chi connectivity index (χ0n) is 8.98. The van der Waals surface area contributed by atoms with Gasteiger partial charge in [0.15, 0.2) is 0 Å². The Morgan fingerprint density at radius 2 is 1.86 bits per heavy atom. The van der Waals surface area contributed by atoms with Crippen molar-refractivity contribution in [3.05, 3.63) is 0 Å². The van der Waals surface area contributed by atoms with Crippen LogP contribution < -0.4 is 0 Å². The molecule has 5 nitrogen and oxygen atoms in total. The standard InChI is InChI=1S/C9H17NO4/c1-6(2)10(5-8(11)12)9(13)7(3)14-4/h6-7H,5H2,1-4H3,(H,11,12). The molecule has 0 aliphatic carbocycles. The van der Waals surface area contributed by atoms with Gasteiger partial charge < -0.3 is 14.7 Å². The summed E-state index contributed by atoms with van der Waals surface area (Å²) in [5.41, 5.74) is 0. The van der Waals surface area contributed by atoms with Crippen molar-refractivity contribution in [1.29, 1.82) is 0 Å². The molecule has 14 heavy (non-hydrogen) atoms. The molecule has 1 N–H and O–H groups in total. The first-order chi connectivity index (χ1) is 6.40. The van der Waals surface area contributed by atoms with E-state index in [1.54, 1.807) is 20.8 Å². The number of aliphatic carboxylic acids is 1. The summed E-state index contributed by atoms with van der Waals surface area (Å²) in [5, 5.41) is 8.60. The molecule has 1 amide bonds. The average molecular weight is 203 g/mol. The molecule has 0 aromatic rings. The van der Waals surface area contributed by atoms with E-state index < -0.39 is 12.1 Å². The molecule has 0 aliphatic heterocycles. The van der Waals surface area contributed by atoms with Gasteiger partial charge in [-0.3, -0.25) is 9.59 Å². The molecule has 0 aromatic heterocycles. The quantitative estimate of drug-likeness (QED) is 0.699. The Kier molecular flexibility index (Phi) is 5.15. The molecular formula is C9H17NO4. The molecule has 0 heterocycles. The highest BCUT2D eigenvalue weighted by molar-refractivity contribution is 5.84. The number of nitrogens with zero attached hydrogens (tertiary/aromatic N) is 1. The van der Waals surface area contributed by atoms with E-state index in [2.05, 4.69) is 0 Å². The molecule has 82 valence electrons. The van der Waals surface area contributed by atoms with Crippen molar-refractivity contribution < 1.29 is 19.4 Å². The summed E-state index contributed by atoms with van der Waals surface area (Å²) < 4.78 is 4.84. The van der Waals surface area contributed by atoms with Crippen molar-refractivity contribution in [2.45, 2.75) is 32.9 Å². The fraction of sp³-hybridized carbons (Fsp3) is 0.778. The minimum atomic E-state index is -1.02. The number of ether oxygens (including phenoxy) is 1. The van der Waals surface area contributed by atoms with Crippen molar-refractivity contribution in [3.8, 4) is 0 Å². The highest BCUT2D eigenvalue weighted by atomic mass is 16.5. The maximum absolute atomic E-state index is 11.6. The Morgan fingerprint density at radius 1 is 1.36 bits per heavy atom. The lowest BCUT2D eigenvalue weighted by Gasteiger charge is -2.27. The van der Waals surface area contributed by atoms with Gasteiger partial charge in [0.2, 0.25) is 0 Å². The summed E-state index contributed by atoms with van der Waals surface area (Å²) in [7, 11) is 1.42. The van der Waals surface area contributed by atoms with Crippen LogP contribution in [0.1, 0.15) is 20.8 Å². The van der Waals surface area contributed by atoms with Gasteiger partial charge in [0.05, 0.1) is 0 Å². The molecule has 0 bridgehead atoms. The van der Waals surface area contributed by atoms with E-state index in [0.717, 1.165) is 0 Å². The Labute approximate surface area is 83.6 Å². The fourth-order valence-electron chi connectivity index (χ4n) is 0.995. The second-order valence-corrected chi connectivity index (χ2v) is 3.33. The average Bonchev–Trinajstić information content (AvgIpc) is 2.11. The first-order valence-electron chi connectivity index (χ1n) is 4.45.